The SMILES string of the molecule is COc1cc(Br)c(C2(CC(=O)O)CC2)c(O)c1OC. The Morgan fingerprint density at radius 3 is 2.47 bits per heavy atom. The standard InChI is InChI=1S/C13H15BrO5/c1-18-8-5-7(14)10(11(17)12(8)19-2)13(3-4-13)6-9(15)16/h5,17H,3-4,6H2,1-2H3,(H,15,16). The van der Waals surface area contributed by atoms with Gasteiger partial charge in [0.1, 0.15) is 0 Å². The number of carbonyl (C=O) groups is 1. The molecule has 1 aliphatic rings. The van der Waals surface area contributed by atoms with E-state index in [9.17, 15) is 9.90 Å². The Bertz CT molecular complexity index is 522. The third kappa shape index (κ3) is 2.36. The molecule has 1 aromatic carbocycles. The highest BCUT2D eigenvalue weighted by molar-refractivity contribution is 9.10. The molecule has 1 fully saturated rings. The van der Waals surface area contributed by atoms with E-state index >= 15 is 0 Å². The van der Waals surface area contributed by atoms with Crippen LogP contribution >= 0.6 is 15.9 Å². The molecular formula is C13H15BrO5. The van der Waals surface area contributed by atoms with Crippen molar-refractivity contribution in [3.05, 3.63) is 16.1 Å². The zero-order valence-corrected chi connectivity index (χ0v) is 12.3. The van der Waals surface area contributed by atoms with E-state index < -0.39 is 11.4 Å². The number of carboxylic acid groups (broad SMARTS) is 1. The number of ether oxygens (including phenoxy) is 2. The minimum absolute atomic E-state index is 0.00531. The van der Waals surface area contributed by atoms with Gasteiger partial charge in [0.05, 0.1) is 20.6 Å². The summed E-state index contributed by atoms with van der Waals surface area (Å²) in [4.78, 5) is 11.0. The third-order valence-electron chi connectivity index (χ3n) is 3.47. The number of methoxy groups -OCH3 is 2. The highest BCUT2D eigenvalue weighted by Gasteiger charge is 2.49. The lowest BCUT2D eigenvalue weighted by Crippen LogP contribution is -2.14. The van der Waals surface area contributed by atoms with Crippen LogP contribution in [0.3, 0.4) is 0 Å². The average molecular weight is 331 g/mol. The van der Waals surface area contributed by atoms with Crippen LogP contribution in [0.1, 0.15) is 24.8 Å². The van der Waals surface area contributed by atoms with Gasteiger partial charge < -0.3 is 19.7 Å². The maximum Gasteiger partial charge on any atom is 0.304 e. The lowest BCUT2D eigenvalue weighted by molar-refractivity contribution is -0.137. The number of phenolic OH excluding ortho intramolecular Hbond substituents is 1. The number of aliphatic carboxylic acids is 1. The summed E-state index contributed by atoms with van der Waals surface area (Å²) in [7, 11) is 2.92. The lowest BCUT2D eigenvalue weighted by Gasteiger charge is -2.20. The van der Waals surface area contributed by atoms with Crippen molar-refractivity contribution in [2.75, 3.05) is 14.2 Å². The van der Waals surface area contributed by atoms with Gasteiger partial charge in [0, 0.05) is 15.5 Å². The third-order valence-corrected chi connectivity index (χ3v) is 4.10. The van der Waals surface area contributed by atoms with Gasteiger partial charge in [-0.05, 0) is 18.9 Å². The van der Waals surface area contributed by atoms with E-state index in [2.05, 4.69) is 15.9 Å². The summed E-state index contributed by atoms with van der Waals surface area (Å²) in [5.74, 6) is -0.287. The molecule has 0 bridgehead atoms. The second-order valence-corrected chi connectivity index (χ2v) is 5.52. The Kier molecular flexibility index (Phi) is 3.62. The first-order chi connectivity index (χ1) is 8.95. The normalized spacial score (nSPS) is 15.9. The van der Waals surface area contributed by atoms with Gasteiger partial charge in [0.2, 0.25) is 5.75 Å². The number of halogens is 1. The summed E-state index contributed by atoms with van der Waals surface area (Å²) < 4.78 is 10.9. The summed E-state index contributed by atoms with van der Waals surface area (Å²) in [5.41, 5.74) is 0.0847. The van der Waals surface area contributed by atoms with E-state index in [0.717, 1.165) is 12.8 Å². The van der Waals surface area contributed by atoms with E-state index in [-0.39, 0.29) is 17.9 Å². The van der Waals surface area contributed by atoms with Crippen LogP contribution in [-0.2, 0) is 10.2 Å². The fourth-order valence-corrected chi connectivity index (χ4v) is 3.22. The minimum atomic E-state index is -0.876. The number of carboxylic acids is 1. The fourth-order valence-electron chi connectivity index (χ4n) is 2.41. The molecule has 104 valence electrons. The smallest absolute Gasteiger partial charge is 0.304 e. The van der Waals surface area contributed by atoms with Crippen molar-refractivity contribution >= 4 is 21.9 Å². The molecule has 19 heavy (non-hydrogen) atoms. The highest BCUT2D eigenvalue weighted by atomic mass is 79.9. The molecule has 2 rings (SSSR count). The van der Waals surface area contributed by atoms with Crippen molar-refractivity contribution in [2.24, 2.45) is 0 Å². The maximum absolute atomic E-state index is 11.0. The Balaban J connectivity index is 2.55. The predicted octanol–water partition coefficient (Wildman–Crippen LogP) is 2.68. The predicted molar refractivity (Wildman–Crippen MR) is 72.1 cm³/mol. The monoisotopic (exact) mass is 330 g/mol. The molecule has 2 N–H and O–H groups in total. The van der Waals surface area contributed by atoms with Gasteiger partial charge in [-0.1, -0.05) is 15.9 Å². The van der Waals surface area contributed by atoms with Gasteiger partial charge in [-0.25, -0.2) is 0 Å². The Morgan fingerprint density at radius 2 is 2.05 bits per heavy atom. The average Bonchev–Trinajstić information content (AvgIpc) is 3.07. The lowest BCUT2D eigenvalue weighted by atomic mass is 9.91. The molecule has 1 aromatic rings. The van der Waals surface area contributed by atoms with Crippen LogP contribution in [0.2, 0.25) is 0 Å². The minimum Gasteiger partial charge on any atom is -0.504 e. The van der Waals surface area contributed by atoms with Gasteiger partial charge in [-0.3, -0.25) is 4.79 Å². The molecule has 0 radical (unpaired) electrons. The Hall–Kier alpha value is -1.43. The van der Waals surface area contributed by atoms with Gasteiger partial charge >= 0.3 is 5.97 Å². The number of hydrogen-bond donors (Lipinski definition) is 2. The van der Waals surface area contributed by atoms with Crippen molar-refractivity contribution in [2.45, 2.75) is 24.7 Å². The number of aromatic hydroxyl groups is 1. The van der Waals surface area contributed by atoms with Crippen LogP contribution in [-0.4, -0.2) is 30.4 Å². The van der Waals surface area contributed by atoms with E-state index in [1.54, 1.807) is 6.07 Å². The summed E-state index contributed by atoms with van der Waals surface area (Å²) in [6.45, 7) is 0. The van der Waals surface area contributed by atoms with Crippen molar-refractivity contribution in [1.29, 1.82) is 0 Å². The molecule has 0 atom stereocenters. The van der Waals surface area contributed by atoms with E-state index in [0.29, 0.717) is 15.8 Å². The van der Waals surface area contributed by atoms with Crippen molar-refractivity contribution in [3.8, 4) is 17.2 Å². The summed E-state index contributed by atoms with van der Waals surface area (Å²) >= 11 is 3.38. The summed E-state index contributed by atoms with van der Waals surface area (Å²) in [6.07, 6.45) is 1.47. The van der Waals surface area contributed by atoms with Crippen molar-refractivity contribution in [1.82, 2.24) is 0 Å². The molecule has 5 nitrogen and oxygen atoms in total. The molecule has 0 unspecified atom stereocenters. The zero-order chi connectivity index (χ0) is 14.2. The van der Waals surface area contributed by atoms with Gasteiger partial charge in [0.15, 0.2) is 11.5 Å². The second kappa shape index (κ2) is 4.92. The topological polar surface area (TPSA) is 76.0 Å². The first-order valence-corrected chi connectivity index (χ1v) is 6.60. The molecule has 0 amide bonds. The van der Waals surface area contributed by atoms with E-state index in [4.69, 9.17) is 14.6 Å². The second-order valence-electron chi connectivity index (χ2n) is 4.67. The maximum atomic E-state index is 11.0. The largest absolute Gasteiger partial charge is 0.504 e. The molecule has 6 heteroatoms. The number of hydrogen-bond acceptors (Lipinski definition) is 4. The Morgan fingerprint density at radius 1 is 1.42 bits per heavy atom. The highest BCUT2D eigenvalue weighted by Crippen LogP contribution is 2.59. The van der Waals surface area contributed by atoms with Crippen molar-refractivity contribution in [3.63, 3.8) is 0 Å². The van der Waals surface area contributed by atoms with Crippen LogP contribution in [0.4, 0.5) is 0 Å². The Labute approximate surface area is 119 Å². The molecule has 0 spiro atoms. The zero-order valence-electron chi connectivity index (χ0n) is 10.7. The molecule has 0 saturated heterocycles. The van der Waals surface area contributed by atoms with Crippen LogP contribution in [0.5, 0.6) is 17.2 Å². The number of benzene rings is 1. The van der Waals surface area contributed by atoms with E-state index in [1.807, 2.05) is 0 Å². The molecule has 0 aliphatic heterocycles. The van der Waals surface area contributed by atoms with Gasteiger partial charge in [0.25, 0.3) is 0 Å². The number of rotatable bonds is 5. The van der Waals surface area contributed by atoms with Crippen LogP contribution in [0.15, 0.2) is 10.5 Å². The number of phenols is 1. The van der Waals surface area contributed by atoms with E-state index in [1.165, 1.54) is 14.2 Å². The molecule has 0 aromatic heterocycles. The van der Waals surface area contributed by atoms with Crippen LogP contribution in [0.25, 0.3) is 0 Å². The molecule has 0 heterocycles. The first kappa shape index (κ1) is 14.0. The molecular weight excluding hydrogens is 316 g/mol. The quantitative estimate of drug-likeness (QED) is 0.868. The van der Waals surface area contributed by atoms with Gasteiger partial charge in [-0.2, -0.15) is 0 Å². The van der Waals surface area contributed by atoms with Gasteiger partial charge in [-0.15, -0.1) is 0 Å². The summed E-state index contributed by atoms with van der Waals surface area (Å²) in [5, 5.41) is 19.3. The first-order valence-electron chi connectivity index (χ1n) is 5.81. The molecule has 1 saturated carbocycles. The van der Waals surface area contributed by atoms with Crippen molar-refractivity contribution < 1.29 is 24.5 Å². The molecule has 1 aliphatic carbocycles. The van der Waals surface area contributed by atoms with Crippen LogP contribution in [0, 0.1) is 0 Å². The van der Waals surface area contributed by atoms with Crippen LogP contribution < -0.4 is 9.47 Å². The summed E-state index contributed by atoms with van der Waals surface area (Å²) in [6, 6.07) is 1.69. The fraction of sp³-hybridized carbons (Fsp3) is 0.462.